The molecule has 3 aliphatic heterocycles. The number of piperidine rings is 1. The molecule has 0 radical (unpaired) electrons. The van der Waals surface area contributed by atoms with Gasteiger partial charge in [0, 0.05) is 49.5 Å². The van der Waals surface area contributed by atoms with E-state index in [-0.39, 0.29) is 18.2 Å². The van der Waals surface area contributed by atoms with Crippen molar-refractivity contribution in [2.75, 3.05) is 18.5 Å². The van der Waals surface area contributed by atoms with E-state index in [1.165, 1.54) is 0 Å². The van der Waals surface area contributed by atoms with Gasteiger partial charge in [-0.15, -0.1) is 0 Å². The van der Waals surface area contributed by atoms with Gasteiger partial charge in [0.15, 0.2) is 0 Å². The molecule has 3 aliphatic rings. The normalized spacial score (nSPS) is 21.1. The van der Waals surface area contributed by atoms with E-state index in [1.54, 1.807) is 4.90 Å². The van der Waals surface area contributed by atoms with Gasteiger partial charge in [-0.25, -0.2) is 4.98 Å². The summed E-state index contributed by atoms with van der Waals surface area (Å²) in [5.74, 6) is 0.0606. The number of hydrogen-bond donors (Lipinski definition) is 2. The Kier molecular flexibility index (Phi) is 5.06. The lowest BCUT2D eigenvalue weighted by Gasteiger charge is -2.29. The van der Waals surface area contributed by atoms with Crippen LogP contribution in [0.2, 0.25) is 0 Å². The van der Waals surface area contributed by atoms with E-state index in [2.05, 4.69) is 15.0 Å². The average molecular weight is 460 g/mol. The van der Waals surface area contributed by atoms with Crippen LogP contribution in [0.1, 0.15) is 41.6 Å². The highest BCUT2D eigenvalue weighted by Gasteiger charge is 2.39. The molecule has 1 unspecified atom stereocenters. The third-order valence-electron chi connectivity index (χ3n) is 6.89. The van der Waals surface area contributed by atoms with Crippen LogP contribution in [-0.4, -0.2) is 57.3 Å². The molecule has 9 heteroatoms. The molecule has 3 amide bonds. The maximum absolute atomic E-state index is 13.1. The van der Waals surface area contributed by atoms with E-state index in [9.17, 15) is 14.4 Å². The van der Waals surface area contributed by atoms with E-state index in [0.717, 1.165) is 54.3 Å². The second-order valence-corrected chi connectivity index (χ2v) is 9.04. The zero-order chi connectivity index (χ0) is 23.2. The van der Waals surface area contributed by atoms with Crippen molar-refractivity contribution in [2.24, 2.45) is 0 Å². The van der Waals surface area contributed by atoms with Crippen LogP contribution in [0.15, 0.2) is 42.6 Å². The van der Waals surface area contributed by atoms with E-state index in [1.807, 2.05) is 42.6 Å². The fraction of sp³-hybridized carbons (Fsp3) is 0.360. The van der Waals surface area contributed by atoms with Crippen molar-refractivity contribution in [3.8, 4) is 11.3 Å². The van der Waals surface area contributed by atoms with Gasteiger partial charge in [0.05, 0.1) is 0 Å². The first-order valence-corrected chi connectivity index (χ1v) is 11.7. The van der Waals surface area contributed by atoms with Gasteiger partial charge in [0.25, 0.3) is 5.91 Å². The average Bonchev–Trinajstić information content (AvgIpc) is 3.37. The molecule has 0 saturated carbocycles. The van der Waals surface area contributed by atoms with Gasteiger partial charge in [0.2, 0.25) is 11.8 Å². The molecular weight excluding hydrogens is 434 g/mol. The second-order valence-electron chi connectivity index (χ2n) is 9.04. The minimum Gasteiger partial charge on any atom is -0.381 e. The van der Waals surface area contributed by atoms with Crippen molar-refractivity contribution in [2.45, 2.75) is 44.3 Å². The van der Waals surface area contributed by atoms with Crippen molar-refractivity contribution >= 4 is 29.2 Å². The van der Waals surface area contributed by atoms with Crippen LogP contribution in [0.5, 0.6) is 0 Å². The molecule has 3 aromatic rings. The van der Waals surface area contributed by atoms with E-state index in [0.29, 0.717) is 24.6 Å². The van der Waals surface area contributed by atoms with Crippen molar-refractivity contribution in [1.82, 2.24) is 19.6 Å². The Balaban J connectivity index is 1.34. The maximum atomic E-state index is 13.1. The quantitative estimate of drug-likeness (QED) is 0.581. The summed E-state index contributed by atoms with van der Waals surface area (Å²) in [7, 11) is 0. The van der Waals surface area contributed by atoms with Crippen LogP contribution < -0.4 is 10.6 Å². The predicted molar refractivity (Wildman–Crippen MR) is 124 cm³/mol. The Morgan fingerprint density at radius 3 is 2.74 bits per heavy atom. The number of carbonyl (C=O) groups is 3. The number of pyridine rings is 1. The number of benzene rings is 1. The number of anilines is 1. The zero-order valence-corrected chi connectivity index (χ0v) is 18.6. The predicted octanol–water partition coefficient (Wildman–Crippen LogP) is 2.35. The van der Waals surface area contributed by atoms with Gasteiger partial charge in [-0.1, -0.05) is 12.1 Å². The van der Waals surface area contributed by atoms with Crippen molar-refractivity contribution < 1.29 is 19.1 Å². The standard InChI is InChI=1S/C25H25N5O4/c31-21-7-6-19(24(32)28-21)30-14-16-13-15(4-5-18(16)25(30)33)22-23(26-17-8-11-34-12-9-17)29-10-2-1-3-20(29)27-22/h1-5,10,13,17,19,26H,6-9,11-12,14H2,(H,28,31,32). The fourth-order valence-corrected chi connectivity index (χ4v) is 5.09. The summed E-state index contributed by atoms with van der Waals surface area (Å²) < 4.78 is 7.56. The third-order valence-corrected chi connectivity index (χ3v) is 6.89. The van der Waals surface area contributed by atoms with Gasteiger partial charge < -0.3 is 15.0 Å². The minimum absolute atomic E-state index is 0.174. The number of nitrogens with one attached hydrogen (secondary N) is 2. The molecule has 0 bridgehead atoms. The number of imidazole rings is 1. The van der Waals surface area contributed by atoms with Crippen molar-refractivity contribution in [1.29, 1.82) is 0 Å². The van der Waals surface area contributed by atoms with Crippen molar-refractivity contribution in [3.05, 3.63) is 53.7 Å². The molecule has 9 nitrogen and oxygen atoms in total. The maximum Gasteiger partial charge on any atom is 0.255 e. The molecule has 0 aliphatic carbocycles. The Morgan fingerprint density at radius 2 is 1.91 bits per heavy atom. The highest BCUT2D eigenvalue weighted by atomic mass is 16.5. The van der Waals surface area contributed by atoms with Crippen LogP contribution in [0.4, 0.5) is 5.82 Å². The van der Waals surface area contributed by atoms with E-state index < -0.39 is 11.9 Å². The summed E-state index contributed by atoms with van der Waals surface area (Å²) >= 11 is 0. The smallest absolute Gasteiger partial charge is 0.255 e. The molecule has 2 saturated heterocycles. The van der Waals surface area contributed by atoms with Gasteiger partial charge in [0.1, 0.15) is 23.2 Å². The second kappa shape index (κ2) is 8.25. The van der Waals surface area contributed by atoms with Gasteiger partial charge in [-0.2, -0.15) is 0 Å². The number of aromatic nitrogens is 2. The number of amides is 3. The molecule has 2 N–H and O–H groups in total. The molecule has 34 heavy (non-hydrogen) atoms. The van der Waals surface area contributed by atoms with Gasteiger partial charge >= 0.3 is 0 Å². The Morgan fingerprint density at radius 1 is 1.06 bits per heavy atom. The molecule has 2 fully saturated rings. The summed E-state index contributed by atoms with van der Waals surface area (Å²) in [5.41, 5.74) is 4.04. The monoisotopic (exact) mass is 459 g/mol. The molecule has 174 valence electrons. The zero-order valence-electron chi connectivity index (χ0n) is 18.6. The molecule has 2 aromatic heterocycles. The van der Waals surface area contributed by atoms with Crippen LogP contribution >= 0.6 is 0 Å². The molecule has 0 spiro atoms. The van der Waals surface area contributed by atoms with E-state index >= 15 is 0 Å². The largest absolute Gasteiger partial charge is 0.381 e. The minimum atomic E-state index is -0.623. The molecule has 6 rings (SSSR count). The highest BCUT2D eigenvalue weighted by Crippen LogP contribution is 2.35. The highest BCUT2D eigenvalue weighted by molar-refractivity contribution is 6.05. The fourth-order valence-electron chi connectivity index (χ4n) is 5.09. The summed E-state index contributed by atoms with van der Waals surface area (Å²) in [6.07, 6.45) is 4.44. The van der Waals surface area contributed by atoms with Crippen molar-refractivity contribution in [3.63, 3.8) is 0 Å². The number of rotatable bonds is 4. The topological polar surface area (TPSA) is 105 Å². The Bertz CT molecular complexity index is 1310. The SMILES string of the molecule is O=C1CCC(N2Cc3cc(-c4nc5ccccn5c4NC4CCOCC4)ccc3C2=O)C(=O)N1. The van der Waals surface area contributed by atoms with Gasteiger partial charge in [-0.05, 0) is 49.1 Å². The summed E-state index contributed by atoms with van der Waals surface area (Å²) in [4.78, 5) is 43.4. The third kappa shape index (κ3) is 3.52. The first kappa shape index (κ1) is 20.9. The summed E-state index contributed by atoms with van der Waals surface area (Å²) in [6, 6.07) is 11.3. The lowest BCUT2D eigenvalue weighted by molar-refractivity contribution is -0.136. The van der Waals surface area contributed by atoms with Crippen LogP contribution in [0.25, 0.3) is 16.9 Å². The first-order valence-electron chi connectivity index (χ1n) is 11.7. The summed E-state index contributed by atoms with van der Waals surface area (Å²) in [6.45, 7) is 1.81. The molecule has 1 atom stereocenters. The van der Waals surface area contributed by atoms with Crippen LogP contribution in [0.3, 0.4) is 0 Å². The number of carbonyl (C=O) groups excluding carboxylic acids is 3. The number of hydrogen-bond acceptors (Lipinski definition) is 6. The van der Waals surface area contributed by atoms with Gasteiger partial charge in [-0.3, -0.25) is 24.1 Å². The number of fused-ring (bicyclic) bond motifs is 2. The lowest BCUT2D eigenvalue weighted by Crippen LogP contribution is -2.52. The summed E-state index contributed by atoms with van der Waals surface area (Å²) in [5, 5.41) is 6.03. The Labute approximate surface area is 196 Å². The molecule has 1 aromatic carbocycles. The number of ether oxygens (including phenoxy) is 1. The first-order chi connectivity index (χ1) is 16.6. The Hall–Kier alpha value is -3.72. The lowest BCUT2D eigenvalue weighted by atomic mass is 10.0. The molecule has 5 heterocycles. The van der Waals surface area contributed by atoms with E-state index in [4.69, 9.17) is 9.72 Å². The molecular formula is C25H25N5O4. The number of nitrogens with zero attached hydrogens (tertiary/aromatic N) is 3. The number of imide groups is 1. The van der Waals surface area contributed by atoms with Crippen LogP contribution in [0, 0.1) is 0 Å². The van der Waals surface area contributed by atoms with Crippen LogP contribution in [-0.2, 0) is 20.9 Å².